The van der Waals surface area contributed by atoms with Crippen LogP contribution < -0.4 is 5.32 Å². The molecule has 118 valence electrons. The molecular formula is C17H24N4O. The normalized spacial score (nSPS) is 21.5. The van der Waals surface area contributed by atoms with Crippen molar-refractivity contribution in [2.75, 3.05) is 26.3 Å². The number of pyridine rings is 1. The van der Waals surface area contributed by atoms with E-state index in [1.54, 1.807) is 0 Å². The summed E-state index contributed by atoms with van der Waals surface area (Å²) in [6, 6.07) is 4.62. The van der Waals surface area contributed by atoms with Crippen molar-refractivity contribution in [3.63, 3.8) is 0 Å². The summed E-state index contributed by atoms with van der Waals surface area (Å²) < 4.78 is 7.93. The first kappa shape index (κ1) is 14.2. The number of fused-ring (bicyclic) bond motifs is 1. The third kappa shape index (κ3) is 2.75. The van der Waals surface area contributed by atoms with E-state index in [1.807, 2.05) is 12.3 Å². The Labute approximate surface area is 131 Å². The van der Waals surface area contributed by atoms with Gasteiger partial charge in [-0.05, 0) is 56.8 Å². The van der Waals surface area contributed by atoms with Crippen LogP contribution in [0.3, 0.4) is 0 Å². The molecule has 2 saturated heterocycles. The van der Waals surface area contributed by atoms with E-state index in [-0.39, 0.29) is 0 Å². The zero-order valence-electron chi connectivity index (χ0n) is 13.0. The second-order valence-corrected chi connectivity index (χ2v) is 6.49. The van der Waals surface area contributed by atoms with Gasteiger partial charge in [0, 0.05) is 31.9 Å². The fourth-order valence-corrected chi connectivity index (χ4v) is 3.78. The highest BCUT2D eigenvalue weighted by Gasteiger charge is 2.24. The minimum atomic E-state index is 0.538. The van der Waals surface area contributed by atoms with E-state index in [0.29, 0.717) is 12.0 Å². The fourth-order valence-electron chi connectivity index (χ4n) is 3.78. The summed E-state index contributed by atoms with van der Waals surface area (Å²) in [5.74, 6) is 1.93. The first-order chi connectivity index (χ1) is 10.9. The van der Waals surface area contributed by atoms with Crippen LogP contribution in [0.25, 0.3) is 11.2 Å². The van der Waals surface area contributed by atoms with Crippen LogP contribution in [-0.2, 0) is 11.2 Å². The van der Waals surface area contributed by atoms with Crippen molar-refractivity contribution in [3.05, 3.63) is 24.2 Å². The van der Waals surface area contributed by atoms with Crippen molar-refractivity contribution in [1.29, 1.82) is 0 Å². The average Bonchev–Trinajstić information content (AvgIpc) is 2.94. The third-order valence-electron chi connectivity index (χ3n) is 5.01. The summed E-state index contributed by atoms with van der Waals surface area (Å²) in [5.41, 5.74) is 2.11. The molecule has 0 saturated carbocycles. The monoisotopic (exact) mass is 300 g/mol. The summed E-state index contributed by atoms with van der Waals surface area (Å²) in [6.45, 7) is 3.98. The van der Waals surface area contributed by atoms with Crippen LogP contribution in [0.15, 0.2) is 18.3 Å². The SMILES string of the molecule is c1cnc2c(c1)nc(CC1CCOCC1)n2C1CCNCC1. The van der Waals surface area contributed by atoms with E-state index >= 15 is 0 Å². The molecule has 0 aromatic carbocycles. The number of rotatable bonds is 3. The van der Waals surface area contributed by atoms with Crippen LogP contribution >= 0.6 is 0 Å². The van der Waals surface area contributed by atoms with Crippen LogP contribution in [0, 0.1) is 5.92 Å². The van der Waals surface area contributed by atoms with E-state index in [2.05, 4.69) is 20.9 Å². The van der Waals surface area contributed by atoms with Gasteiger partial charge in [0.2, 0.25) is 0 Å². The predicted molar refractivity (Wildman–Crippen MR) is 85.9 cm³/mol. The Kier molecular flexibility index (Phi) is 4.08. The topological polar surface area (TPSA) is 52.0 Å². The Bertz CT molecular complexity index is 627. The van der Waals surface area contributed by atoms with Crippen LogP contribution in [0.1, 0.15) is 37.5 Å². The van der Waals surface area contributed by atoms with Crippen molar-refractivity contribution in [3.8, 4) is 0 Å². The van der Waals surface area contributed by atoms with Crippen molar-refractivity contribution in [2.24, 2.45) is 5.92 Å². The number of imidazole rings is 1. The molecule has 0 radical (unpaired) electrons. The maximum Gasteiger partial charge on any atom is 0.160 e. The molecule has 0 spiro atoms. The Hall–Kier alpha value is -1.46. The van der Waals surface area contributed by atoms with Gasteiger partial charge in [0.1, 0.15) is 11.3 Å². The summed E-state index contributed by atoms with van der Waals surface area (Å²) in [6.07, 6.45) is 7.60. The molecule has 0 aliphatic carbocycles. The summed E-state index contributed by atoms with van der Waals surface area (Å²) in [4.78, 5) is 9.55. The number of piperidine rings is 1. The maximum atomic E-state index is 5.50. The number of nitrogens with zero attached hydrogens (tertiary/aromatic N) is 3. The molecular weight excluding hydrogens is 276 g/mol. The lowest BCUT2D eigenvalue weighted by molar-refractivity contribution is 0.0656. The molecule has 4 heterocycles. The Balaban J connectivity index is 1.68. The number of ether oxygens (including phenoxy) is 1. The number of hydrogen-bond acceptors (Lipinski definition) is 4. The zero-order valence-corrected chi connectivity index (χ0v) is 13.0. The highest BCUT2D eigenvalue weighted by atomic mass is 16.5. The van der Waals surface area contributed by atoms with Gasteiger partial charge in [-0.3, -0.25) is 0 Å². The molecule has 2 fully saturated rings. The molecule has 2 aromatic heterocycles. The van der Waals surface area contributed by atoms with Gasteiger partial charge in [0.15, 0.2) is 5.65 Å². The molecule has 2 aliphatic heterocycles. The highest BCUT2D eigenvalue weighted by molar-refractivity contribution is 5.71. The molecule has 2 aliphatic rings. The van der Waals surface area contributed by atoms with E-state index in [4.69, 9.17) is 9.72 Å². The molecule has 2 aromatic rings. The second kappa shape index (κ2) is 6.34. The van der Waals surface area contributed by atoms with Crippen molar-refractivity contribution in [2.45, 2.75) is 38.1 Å². The summed E-state index contributed by atoms with van der Waals surface area (Å²) in [7, 11) is 0. The Morgan fingerprint density at radius 1 is 1.18 bits per heavy atom. The summed E-state index contributed by atoms with van der Waals surface area (Å²) >= 11 is 0. The van der Waals surface area contributed by atoms with Crippen LogP contribution in [0.4, 0.5) is 0 Å². The van der Waals surface area contributed by atoms with Crippen molar-refractivity contribution < 1.29 is 4.74 Å². The highest BCUT2D eigenvalue weighted by Crippen LogP contribution is 2.28. The van der Waals surface area contributed by atoms with E-state index in [1.165, 1.54) is 18.7 Å². The van der Waals surface area contributed by atoms with Gasteiger partial charge in [-0.25, -0.2) is 9.97 Å². The molecule has 0 amide bonds. The summed E-state index contributed by atoms with van der Waals surface area (Å²) in [5, 5.41) is 3.45. The average molecular weight is 300 g/mol. The van der Waals surface area contributed by atoms with Crippen LogP contribution in [-0.4, -0.2) is 40.8 Å². The van der Waals surface area contributed by atoms with Crippen LogP contribution in [0.2, 0.25) is 0 Å². The number of hydrogen-bond donors (Lipinski definition) is 1. The van der Waals surface area contributed by atoms with Gasteiger partial charge in [-0.2, -0.15) is 0 Å². The maximum absolute atomic E-state index is 5.50. The Morgan fingerprint density at radius 2 is 2.00 bits per heavy atom. The third-order valence-corrected chi connectivity index (χ3v) is 5.01. The molecule has 5 heteroatoms. The zero-order chi connectivity index (χ0) is 14.8. The lowest BCUT2D eigenvalue weighted by Gasteiger charge is -2.27. The van der Waals surface area contributed by atoms with E-state index < -0.39 is 0 Å². The molecule has 0 bridgehead atoms. The number of aromatic nitrogens is 3. The molecule has 0 atom stereocenters. The van der Waals surface area contributed by atoms with E-state index in [9.17, 15) is 0 Å². The fraction of sp³-hybridized carbons (Fsp3) is 0.647. The quantitative estimate of drug-likeness (QED) is 0.945. The first-order valence-electron chi connectivity index (χ1n) is 8.52. The van der Waals surface area contributed by atoms with Crippen molar-refractivity contribution >= 4 is 11.2 Å². The lowest BCUT2D eigenvalue weighted by atomic mass is 9.96. The molecule has 22 heavy (non-hydrogen) atoms. The van der Waals surface area contributed by atoms with Gasteiger partial charge in [-0.1, -0.05) is 0 Å². The second-order valence-electron chi connectivity index (χ2n) is 6.49. The van der Waals surface area contributed by atoms with Gasteiger partial charge < -0.3 is 14.6 Å². The van der Waals surface area contributed by atoms with Crippen molar-refractivity contribution in [1.82, 2.24) is 19.9 Å². The standard InChI is InChI=1S/C17H24N4O/c1-2-15-17(19-7-1)21(14-3-8-18-9-4-14)16(20-15)12-13-5-10-22-11-6-13/h1-2,7,13-14,18H,3-6,8-12H2. The minimum Gasteiger partial charge on any atom is -0.381 e. The predicted octanol–water partition coefficient (Wildman–Crippen LogP) is 2.32. The van der Waals surface area contributed by atoms with Gasteiger partial charge in [0.25, 0.3) is 0 Å². The largest absolute Gasteiger partial charge is 0.381 e. The first-order valence-corrected chi connectivity index (χ1v) is 8.52. The van der Waals surface area contributed by atoms with Crippen LogP contribution in [0.5, 0.6) is 0 Å². The molecule has 4 rings (SSSR count). The number of nitrogens with one attached hydrogen (secondary N) is 1. The lowest BCUT2D eigenvalue weighted by Crippen LogP contribution is -2.30. The van der Waals surface area contributed by atoms with E-state index in [0.717, 1.165) is 56.7 Å². The molecule has 5 nitrogen and oxygen atoms in total. The van der Waals surface area contributed by atoms with Gasteiger partial charge in [-0.15, -0.1) is 0 Å². The smallest absolute Gasteiger partial charge is 0.160 e. The molecule has 0 unspecified atom stereocenters. The van der Waals surface area contributed by atoms with Gasteiger partial charge in [0.05, 0.1) is 0 Å². The Morgan fingerprint density at radius 3 is 2.82 bits per heavy atom. The minimum absolute atomic E-state index is 0.538. The van der Waals surface area contributed by atoms with Gasteiger partial charge >= 0.3 is 0 Å². The molecule has 1 N–H and O–H groups in total.